The van der Waals surface area contributed by atoms with Crippen molar-refractivity contribution < 1.29 is 4.79 Å². The molecule has 0 spiro atoms. The minimum atomic E-state index is -0.0882. The Kier molecular flexibility index (Phi) is 4.98. The standard InChI is InChI=1S/C21H23N3O/c1-4-16(3)22-21(25)19-14-24(17-11-6-5-7-12-17)23-20(19)18-13-9-8-10-15(18)2/h5-14,16H,4H2,1-3H3,(H,22,25). The number of carbonyl (C=O) groups excluding carboxylic acids is 1. The molecule has 0 aliphatic rings. The number of para-hydroxylation sites is 1. The van der Waals surface area contributed by atoms with Crippen LogP contribution in [0.25, 0.3) is 16.9 Å². The predicted octanol–water partition coefficient (Wildman–Crippen LogP) is 4.38. The van der Waals surface area contributed by atoms with E-state index in [0.717, 1.165) is 23.2 Å². The second-order valence-electron chi connectivity index (χ2n) is 6.27. The van der Waals surface area contributed by atoms with Crippen molar-refractivity contribution in [2.75, 3.05) is 0 Å². The van der Waals surface area contributed by atoms with Gasteiger partial charge >= 0.3 is 0 Å². The summed E-state index contributed by atoms with van der Waals surface area (Å²) in [4.78, 5) is 12.8. The number of aryl methyl sites for hydroxylation is 1. The lowest BCUT2D eigenvalue weighted by atomic mass is 10.0. The van der Waals surface area contributed by atoms with Gasteiger partial charge in [0.2, 0.25) is 0 Å². The highest BCUT2D eigenvalue weighted by Crippen LogP contribution is 2.26. The van der Waals surface area contributed by atoms with Crippen molar-refractivity contribution in [3.05, 3.63) is 71.9 Å². The topological polar surface area (TPSA) is 46.9 Å². The van der Waals surface area contributed by atoms with Crippen molar-refractivity contribution in [1.29, 1.82) is 0 Å². The summed E-state index contributed by atoms with van der Waals surface area (Å²) >= 11 is 0. The zero-order valence-corrected chi connectivity index (χ0v) is 14.9. The molecule has 0 bridgehead atoms. The quantitative estimate of drug-likeness (QED) is 0.753. The Morgan fingerprint density at radius 3 is 2.48 bits per heavy atom. The Hall–Kier alpha value is -2.88. The third kappa shape index (κ3) is 3.63. The van der Waals surface area contributed by atoms with Gasteiger partial charge in [0.1, 0.15) is 5.69 Å². The largest absolute Gasteiger partial charge is 0.349 e. The van der Waals surface area contributed by atoms with Crippen LogP contribution in [0.1, 0.15) is 36.2 Å². The van der Waals surface area contributed by atoms with Gasteiger partial charge < -0.3 is 5.32 Å². The minimum absolute atomic E-state index is 0.0882. The van der Waals surface area contributed by atoms with Crippen molar-refractivity contribution in [3.63, 3.8) is 0 Å². The van der Waals surface area contributed by atoms with E-state index in [1.807, 2.05) is 74.6 Å². The van der Waals surface area contributed by atoms with Gasteiger partial charge in [-0.15, -0.1) is 0 Å². The number of carbonyl (C=O) groups is 1. The van der Waals surface area contributed by atoms with Gasteiger partial charge in [-0.25, -0.2) is 4.68 Å². The number of hydrogen-bond donors (Lipinski definition) is 1. The first-order valence-electron chi connectivity index (χ1n) is 8.62. The van der Waals surface area contributed by atoms with Crippen LogP contribution in [-0.4, -0.2) is 21.7 Å². The summed E-state index contributed by atoms with van der Waals surface area (Å²) < 4.78 is 1.77. The van der Waals surface area contributed by atoms with E-state index in [1.165, 1.54) is 0 Å². The molecule has 0 aliphatic carbocycles. The Bertz CT molecular complexity index is 868. The molecule has 4 heteroatoms. The number of nitrogens with zero attached hydrogens (tertiary/aromatic N) is 2. The summed E-state index contributed by atoms with van der Waals surface area (Å²) in [5.41, 5.74) is 4.31. The Balaban J connectivity index is 2.10. The molecule has 1 heterocycles. The number of rotatable bonds is 5. The van der Waals surface area contributed by atoms with Gasteiger partial charge in [-0.05, 0) is 38.0 Å². The van der Waals surface area contributed by atoms with Gasteiger partial charge in [-0.3, -0.25) is 4.79 Å². The molecule has 25 heavy (non-hydrogen) atoms. The van der Waals surface area contributed by atoms with Crippen molar-refractivity contribution in [2.24, 2.45) is 0 Å². The van der Waals surface area contributed by atoms with Crippen molar-refractivity contribution >= 4 is 5.91 Å². The Labute approximate surface area is 148 Å². The first kappa shape index (κ1) is 17.0. The Morgan fingerprint density at radius 1 is 1.12 bits per heavy atom. The summed E-state index contributed by atoms with van der Waals surface area (Å²) in [7, 11) is 0. The van der Waals surface area contributed by atoms with Crippen LogP contribution in [0.4, 0.5) is 0 Å². The number of benzene rings is 2. The second kappa shape index (κ2) is 7.34. The molecule has 3 aromatic rings. The van der Waals surface area contributed by atoms with E-state index in [4.69, 9.17) is 5.10 Å². The van der Waals surface area contributed by atoms with E-state index in [1.54, 1.807) is 4.68 Å². The highest BCUT2D eigenvalue weighted by Gasteiger charge is 2.20. The molecular formula is C21H23N3O. The van der Waals surface area contributed by atoms with E-state index >= 15 is 0 Å². The van der Waals surface area contributed by atoms with E-state index in [2.05, 4.69) is 12.2 Å². The molecule has 1 atom stereocenters. The fourth-order valence-electron chi connectivity index (χ4n) is 2.69. The van der Waals surface area contributed by atoms with Gasteiger partial charge in [0.25, 0.3) is 5.91 Å². The fraction of sp³-hybridized carbons (Fsp3) is 0.238. The lowest BCUT2D eigenvalue weighted by Crippen LogP contribution is -2.32. The van der Waals surface area contributed by atoms with Crippen LogP contribution in [0, 0.1) is 6.92 Å². The molecular weight excluding hydrogens is 310 g/mol. The SMILES string of the molecule is CCC(C)NC(=O)c1cn(-c2ccccc2)nc1-c1ccccc1C. The lowest BCUT2D eigenvalue weighted by molar-refractivity contribution is 0.0940. The summed E-state index contributed by atoms with van der Waals surface area (Å²) in [6.07, 6.45) is 2.70. The number of amides is 1. The summed E-state index contributed by atoms with van der Waals surface area (Å²) in [6, 6.07) is 18.0. The van der Waals surface area contributed by atoms with Gasteiger partial charge in [0.15, 0.2) is 0 Å². The molecule has 0 fully saturated rings. The van der Waals surface area contributed by atoms with Crippen LogP contribution >= 0.6 is 0 Å². The molecule has 1 aromatic heterocycles. The van der Waals surface area contributed by atoms with Crippen LogP contribution in [0.5, 0.6) is 0 Å². The summed E-state index contributed by atoms with van der Waals surface area (Å²) in [6.45, 7) is 6.10. The molecule has 1 unspecified atom stereocenters. The number of nitrogens with one attached hydrogen (secondary N) is 1. The first-order chi connectivity index (χ1) is 12.1. The maximum Gasteiger partial charge on any atom is 0.255 e. The maximum atomic E-state index is 12.8. The van der Waals surface area contributed by atoms with Crippen LogP contribution in [0.15, 0.2) is 60.8 Å². The second-order valence-corrected chi connectivity index (χ2v) is 6.27. The molecule has 1 amide bonds. The average Bonchev–Trinajstić information content (AvgIpc) is 3.08. The fourth-order valence-corrected chi connectivity index (χ4v) is 2.69. The third-order valence-corrected chi connectivity index (χ3v) is 4.37. The first-order valence-corrected chi connectivity index (χ1v) is 8.62. The van der Waals surface area contributed by atoms with Gasteiger partial charge in [-0.2, -0.15) is 5.10 Å². The highest BCUT2D eigenvalue weighted by atomic mass is 16.1. The van der Waals surface area contributed by atoms with Crippen molar-refractivity contribution in [3.8, 4) is 16.9 Å². The number of aromatic nitrogens is 2. The van der Waals surface area contributed by atoms with Gasteiger partial charge in [0, 0.05) is 17.8 Å². The molecule has 0 radical (unpaired) electrons. The van der Waals surface area contributed by atoms with E-state index in [0.29, 0.717) is 11.3 Å². The molecule has 0 saturated heterocycles. The minimum Gasteiger partial charge on any atom is -0.349 e. The molecule has 128 valence electrons. The van der Waals surface area contributed by atoms with Crippen LogP contribution < -0.4 is 5.32 Å². The summed E-state index contributed by atoms with van der Waals surface area (Å²) in [5.74, 6) is -0.0882. The molecule has 3 rings (SSSR count). The van der Waals surface area contributed by atoms with Crippen LogP contribution in [-0.2, 0) is 0 Å². The Morgan fingerprint density at radius 2 is 1.80 bits per heavy atom. The smallest absolute Gasteiger partial charge is 0.255 e. The van der Waals surface area contributed by atoms with Crippen LogP contribution in [0.2, 0.25) is 0 Å². The predicted molar refractivity (Wildman–Crippen MR) is 101 cm³/mol. The van der Waals surface area contributed by atoms with Gasteiger partial charge in [-0.1, -0.05) is 49.4 Å². The average molecular weight is 333 g/mol. The van der Waals surface area contributed by atoms with E-state index < -0.39 is 0 Å². The zero-order valence-electron chi connectivity index (χ0n) is 14.9. The zero-order chi connectivity index (χ0) is 17.8. The normalized spacial score (nSPS) is 12.0. The highest BCUT2D eigenvalue weighted by molar-refractivity contribution is 6.00. The molecule has 0 saturated carbocycles. The maximum absolute atomic E-state index is 12.8. The molecule has 0 aliphatic heterocycles. The summed E-state index contributed by atoms with van der Waals surface area (Å²) in [5, 5.41) is 7.77. The molecule has 2 aromatic carbocycles. The van der Waals surface area contributed by atoms with Gasteiger partial charge in [0.05, 0.1) is 11.3 Å². The van der Waals surface area contributed by atoms with Crippen molar-refractivity contribution in [2.45, 2.75) is 33.2 Å². The van der Waals surface area contributed by atoms with Crippen LogP contribution in [0.3, 0.4) is 0 Å². The van der Waals surface area contributed by atoms with Crippen molar-refractivity contribution in [1.82, 2.24) is 15.1 Å². The molecule has 1 N–H and O–H groups in total. The monoisotopic (exact) mass is 333 g/mol. The van der Waals surface area contributed by atoms with E-state index in [9.17, 15) is 4.79 Å². The van der Waals surface area contributed by atoms with E-state index in [-0.39, 0.29) is 11.9 Å². The molecule has 4 nitrogen and oxygen atoms in total. The lowest BCUT2D eigenvalue weighted by Gasteiger charge is -2.11. The number of hydrogen-bond acceptors (Lipinski definition) is 2. The third-order valence-electron chi connectivity index (χ3n) is 4.37.